The van der Waals surface area contributed by atoms with Crippen molar-refractivity contribution in [1.82, 2.24) is 5.32 Å². The van der Waals surface area contributed by atoms with Gasteiger partial charge in [0.25, 0.3) is 11.6 Å². The van der Waals surface area contributed by atoms with Crippen LogP contribution >= 0.6 is 0 Å². The van der Waals surface area contributed by atoms with E-state index in [4.69, 9.17) is 5.11 Å². The number of rotatable bonds is 6. The zero-order valence-corrected chi connectivity index (χ0v) is 12.6. The van der Waals surface area contributed by atoms with Crippen LogP contribution in [0.5, 0.6) is 5.75 Å². The lowest BCUT2D eigenvalue weighted by Gasteiger charge is -2.32. The number of carbonyl (C=O) groups is 2. The number of carboxylic acids is 1. The Kier molecular flexibility index (Phi) is 5.14. The lowest BCUT2D eigenvalue weighted by atomic mass is 9.80. The second-order valence-corrected chi connectivity index (χ2v) is 5.52. The van der Waals surface area contributed by atoms with Crippen molar-refractivity contribution in [2.45, 2.75) is 25.1 Å². The van der Waals surface area contributed by atoms with Gasteiger partial charge in [0.2, 0.25) is 0 Å². The molecule has 1 aromatic rings. The molecule has 8 nitrogen and oxygen atoms in total. The molecule has 0 aliphatic heterocycles. The Balaban J connectivity index is 2.12. The molecular weight excluding hydrogens is 349 g/mol. The van der Waals surface area contributed by atoms with Crippen LogP contribution in [0.1, 0.15) is 23.2 Å². The molecule has 0 atom stereocenters. The highest BCUT2D eigenvalue weighted by atomic mass is 19.4. The van der Waals surface area contributed by atoms with Gasteiger partial charge in [0.1, 0.15) is 11.3 Å². The van der Waals surface area contributed by atoms with Gasteiger partial charge in [-0.3, -0.25) is 19.7 Å². The van der Waals surface area contributed by atoms with Gasteiger partial charge in [0.05, 0.1) is 10.8 Å². The Morgan fingerprint density at radius 2 is 2.00 bits per heavy atom. The SMILES string of the molecule is O=C(NC1CC(C(=O)O)C1)c1cc(OCC(F)(F)F)ccc1[N+](=O)[O-]. The molecule has 2 N–H and O–H groups in total. The summed E-state index contributed by atoms with van der Waals surface area (Å²) in [5.41, 5.74) is -1.05. The second kappa shape index (κ2) is 6.95. The Morgan fingerprint density at radius 1 is 1.36 bits per heavy atom. The van der Waals surface area contributed by atoms with Gasteiger partial charge in [-0.1, -0.05) is 0 Å². The third-order valence-electron chi connectivity index (χ3n) is 3.63. The van der Waals surface area contributed by atoms with Crippen LogP contribution in [0, 0.1) is 16.0 Å². The number of ether oxygens (including phenoxy) is 1. The van der Waals surface area contributed by atoms with Gasteiger partial charge in [-0.05, 0) is 25.0 Å². The van der Waals surface area contributed by atoms with Crippen LogP contribution in [-0.4, -0.2) is 40.7 Å². The van der Waals surface area contributed by atoms with Gasteiger partial charge < -0.3 is 15.2 Å². The molecule has 0 unspecified atom stereocenters. The predicted octanol–water partition coefficient (Wildman–Crippen LogP) is 2.13. The first-order valence-corrected chi connectivity index (χ1v) is 7.08. The Labute approximate surface area is 138 Å². The van der Waals surface area contributed by atoms with Crippen LogP contribution in [0.25, 0.3) is 0 Å². The Hall–Kier alpha value is -2.85. The number of nitrogens with zero attached hydrogens (tertiary/aromatic N) is 1. The van der Waals surface area contributed by atoms with E-state index < -0.39 is 52.8 Å². The zero-order chi connectivity index (χ0) is 18.8. The number of nitro groups is 1. The summed E-state index contributed by atoms with van der Waals surface area (Å²) in [5.74, 6) is -2.82. The first-order valence-electron chi connectivity index (χ1n) is 7.08. The molecule has 0 spiro atoms. The summed E-state index contributed by atoms with van der Waals surface area (Å²) >= 11 is 0. The molecule has 1 aliphatic rings. The van der Waals surface area contributed by atoms with E-state index in [1.54, 1.807) is 0 Å². The van der Waals surface area contributed by atoms with Crippen LogP contribution in [0.15, 0.2) is 18.2 Å². The fraction of sp³-hybridized carbons (Fsp3) is 0.429. The Morgan fingerprint density at radius 3 is 2.52 bits per heavy atom. The van der Waals surface area contributed by atoms with Crippen LogP contribution < -0.4 is 10.1 Å². The van der Waals surface area contributed by atoms with Gasteiger partial charge in [-0.2, -0.15) is 13.2 Å². The molecule has 11 heteroatoms. The molecule has 1 fully saturated rings. The standard InChI is InChI=1S/C14H13F3N2O6/c15-14(16,17)6-25-9-1-2-11(19(23)24)10(5-9)12(20)18-8-3-7(4-8)13(21)22/h1-2,5,7-8H,3-4,6H2,(H,18,20)(H,21,22). The summed E-state index contributed by atoms with van der Waals surface area (Å²) in [6.07, 6.45) is -4.24. The largest absolute Gasteiger partial charge is 0.484 e. The molecule has 136 valence electrons. The van der Waals surface area contributed by atoms with Crippen molar-refractivity contribution in [2.24, 2.45) is 5.92 Å². The summed E-state index contributed by atoms with van der Waals surface area (Å²) < 4.78 is 41.0. The fourth-order valence-electron chi connectivity index (χ4n) is 2.31. The van der Waals surface area contributed by atoms with Gasteiger partial charge in [-0.15, -0.1) is 0 Å². The molecule has 0 heterocycles. The zero-order valence-electron chi connectivity index (χ0n) is 12.6. The number of carbonyl (C=O) groups excluding carboxylic acids is 1. The summed E-state index contributed by atoms with van der Waals surface area (Å²) in [4.78, 5) is 33.0. The number of alkyl halides is 3. The molecule has 25 heavy (non-hydrogen) atoms. The number of carboxylic acid groups (broad SMARTS) is 1. The molecule has 2 rings (SSSR count). The molecule has 1 aromatic carbocycles. The molecule has 0 bridgehead atoms. The van der Waals surface area contributed by atoms with E-state index in [1.165, 1.54) is 0 Å². The van der Waals surface area contributed by atoms with Crippen molar-refractivity contribution in [3.63, 3.8) is 0 Å². The van der Waals surface area contributed by atoms with E-state index in [1.807, 2.05) is 0 Å². The highest BCUT2D eigenvalue weighted by Gasteiger charge is 2.36. The van der Waals surface area contributed by atoms with Crippen molar-refractivity contribution >= 4 is 17.6 Å². The Bertz CT molecular complexity index is 700. The quantitative estimate of drug-likeness (QED) is 0.591. The third kappa shape index (κ3) is 4.81. The van der Waals surface area contributed by atoms with Crippen LogP contribution in [0.3, 0.4) is 0 Å². The van der Waals surface area contributed by atoms with Gasteiger partial charge in [0.15, 0.2) is 6.61 Å². The molecule has 0 radical (unpaired) electrons. The van der Waals surface area contributed by atoms with E-state index in [-0.39, 0.29) is 18.6 Å². The van der Waals surface area contributed by atoms with Crippen LogP contribution in [-0.2, 0) is 4.79 Å². The first-order chi connectivity index (χ1) is 11.6. The second-order valence-electron chi connectivity index (χ2n) is 5.52. The normalized spacial score (nSPS) is 19.6. The molecule has 0 aromatic heterocycles. The van der Waals surface area contributed by atoms with E-state index in [0.717, 1.165) is 18.2 Å². The number of hydrogen-bond acceptors (Lipinski definition) is 5. The topological polar surface area (TPSA) is 119 Å². The molecular formula is C14H13F3N2O6. The van der Waals surface area contributed by atoms with Gasteiger partial charge in [-0.25, -0.2) is 0 Å². The monoisotopic (exact) mass is 362 g/mol. The van der Waals surface area contributed by atoms with Crippen molar-refractivity contribution in [3.8, 4) is 5.75 Å². The van der Waals surface area contributed by atoms with Crippen molar-refractivity contribution in [1.29, 1.82) is 0 Å². The number of amides is 1. The van der Waals surface area contributed by atoms with E-state index in [2.05, 4.69) is 10.1 Å². The van der Waals surface area contributed by atoms with Crippen molar-refractivity contribution < 1.29 is 37.5 Å². The minimum atomic E-state index is -4.60. The molecule has 1 amide bonds. The summed E-state index contributed by atoms with van der Waals surface area (Å²) in [6.45, 7) is -1.60. The first kappa shape index (κ1) is 18.5. The van der Waals surface area contributed by atoms with Crippen LogP contribution in [0.2, 0.25) is 0 Å². The number of benzene rings is 1. The van der Waals surface area contributed by atoms with E-state index in [9.17, 15) is 32.9 Å². The maximum Gasteiger partial charge on any atom is 0.422 e. The van der Waals surface area contributed by atoms with E-state index >= 15 is 0 Å². The lowest BCUT2D eigenvalue weighted by molar-refractivity contribution is -0.385. The number of aliphatic carboxylic acids is 1. The number of halogens is 3. The van der Waals surface area contributed by atoms with Gasteiger partial charge >= 0.3 is 12.1 Å². The maximum absolute atomic E-state index is 12.2. The number of hydrogen-bond donors (Lipinski definition) is 2. The minimum Gasteiger partial charge on any atom is -0.484 e. The van der Waals surface area contributed by atoms with Gasteiger partial charge in [0, 0.05) is 12.1 Å². The summed E-state index contributed by atoms with van der Waals surface area (Å²) in [7, 11) is 0. The smallest absolute Gasteiger partial charge is 0.422 e. The minimum absolute atomic E-state index is 0.180. The fourth-order valence-corrected chi connectivity index (χ4v) is 2.31. The number of nitrogens with one attached hydrogen (secondary N) is 1. The molecule has 1 aliphatic carbocycles. The summed E-state index contributed by atoms with van der Waals surface area (Å²) in [6, 6.07) is 2.23. The summed E-state index contributed by atoms with van der Waals surface area (Å²) in [5, 5.41) is 22.2. The highest BCUT2D eigenvalue weighted by Crippen LogP contribution is 2.30. The van der Waals surface area contributed by atoms with Crippen LogP contribution in [0.4, 0.5) is 18.9 Å². The van der Waals surface area contributed by atoms with Crippen molar-refractivity contribution in [2.75, 3.05) is 6.61 Å². The van der Waals surface area contributed by atoms with E-state index in [0.29, 0.717) is 0 Å². The molecule has 1 saturated carbocycles. The average Bonchev–Trinajstić information content (AvgIpc) is 2.46. The average molecular weight is 362 g/mol. The third-order valence-corrected chi connectivity index (χ3v) is 3.63. The maximum atomic E-state index is 12.2. The highest BCUT2D eigenvalue weighted by molar-refractivity contribution is 5.98. The molecule has 0 saturated heterocycles. The van der Waals surface area contributed by atoms with Crippen molar-refractivity contribution in [3.05, 3.63) is 33.9 Å². The number of nitro benzene ring substituents is 1. The lowest BCUT2D eigenvalue weighted by Crippen LogP contribution is -2.46. The predicted molar refractivity (Wildman–Crippen MR) is 76.3 cm³/mol.